The number of nitrogens with one attached hydrogen (secondary N) is 1. The number of aromatic nitrogens is 1. The number of amides is 1. The molecule has 3 rings (SSSR count). The largest absolute Gasteiger partial charge is 0.324 e. The van der Waals surface area contributed by atoms with E-state index in [-0.39, 0.29) is 11.3 Å². The van der Waals surface area contributed by atoms with E-state index >= 15 is 0 Å². The first-order valence-electron chi connectivity index (χ1n) is 6.84. The SMILES string of the molecule is CC1(C(=O)Nc2cccc3cccnc23)CCCC1. The summed E-state index contributed by atoms with van der Waals surface area (Å²) in [6, 6.07) is 9.80. The number of hydrogen-bond acceptors (Lipinski definition) is 2. The van der Waals surface area contributed by atoms with Crippen molar-refractivity contribution in [2.24, 2.45) is 5.41 Å². The molecule has 0 unspecified atom stereocenters. The molecule has 1 aliphatic rings. The Kier molecular flexibility index (Phi) is 2.97. The van der Waals surface area contributed by atoms with E-state index in [9.17, 15) is 4.79 Å². The van der Waals surface area contributed by atoms with Crippen molar-refractivity contribution in [3.63, 3.8) is 0 Å². The van der Waals surface area contributed by atoms with Gasteiger partial charge in [-0.2, -0.15) is 0 Å². The quantitative estimate of drug-likeness (QED) is 0.886. The molecule has 0 radical (unpaired) electrons. The lowest BCUT2D eigenvalue weighted by atomic mass is 9.88. The Morgan fingerprint density at radius 1 is 1.21 bits per heavy atom. The van der Waals surface area contributed by atoms with Crippen molar-refractivity contribution in [2.75, 3.05) is 5.32 Å². The van der Waals surface area contributed by atoms with Crippen LogP contribution in [-0.4, -0.2) is 10.9 Å². The molecule has 0 atom stereocenters. The number of rotatable bonds is 2. The number of hydrogen-bond donors (Lipinski definition) is 1. The molecule has 0 spiro atoms. The van der Waals surface area contributed by atoms with Crippen molar-refractivity contribution >= 4 is 22.5 Å². The molecule has 19 heavy (non-hydrogen) atoms. The average Bonchev–Trinajstić information content (AvgIpc) is 2.87. The zero-order chi connectivity index (χ0) is 13.3. The zero-order valence-electron chi connectivity index (χ0n) is 11.1. The molecule has 1 aliphatic carbocycles. The summed E-state index contributed by atoms with van der Waals surface area (Å²) in [5, 5.41) is 4.12. The zero-order valence-corrected chi connectivity index (χ0v) is 11.1. The Bertz CT molecular complexity index is 610. The molecule has 0 saturated heterocycles. The van der Waals surface area contributed by atoms with E-state index in [1.54, 1.807) is 6.20 Å². The second-order valence-electron chi connectivity index (χ2n) is 5.60. The first kappa shape index (κ1) is 12.2. The minimum absolute atomic E-state index is 0.128. The summed E-state index contributed by atoms with van der Waals surface area (Å²) >= 11 is 0. The van der Waals surface area contributed by atoms with Crippen molar-refractivity contribution in [3.05, 3.63) is 36.5 Å². The van der Waals surface area contributed by atoms with Gasteiger partial charge in [-0.1, -0.05) is 38.0 Å². The van der Waals surface area contributed by atoms with Gasteiger partial charge >= 0.3 is 0 Å². The van der Waals surface area contributed by atoms with Gasteiger partial charge in [-0.15, -0.1) is 0 Å². The van der Waals surface area contributed by atoms with Crippen molar-refractivity contribution in [1.29, 1.82) is 0 Å². The molecule has 1 saturated carbocycles. The molecule has 1 aromatic carbocycles. The van der Waals surface area contributed by atoms with Crippen LogP contribution in [0.25, 0.3) is 10.9 Å². The molecule has 3 heteroatoms. The third-order valence-corrected chi connectivity index (χ3v) is 4.14. The van der Waals surface area contributed by atoms with E-state index in [0.29, 0.717) is 0 Å². The highest BCUT2D eigenvalue weighted by atomic mass is 16.2. The van der Waals surface area contributed by atoms with Crippen LogP contribution >= 0.6 is 0 Å². The fraction of sp³-hybridized carbons (Fsp3) is 0.375. The van der Waals surface area contributed by atoms with Crippen LogP contribution in [0.3, 0.4) is 0 Å². The van der Waals surface area contributed by atoms with Crippen LogP contribution in [0.4, 0.5) is 5.69 Å². The summed E-state index contributed by atoms with van der Waals surface area (Å²) in [6.07, 6.45) is 6.03. The minimum Gasteiger partial charge on any atom is -0.324 e. The Labute approximate surface area is 113 Å². The monoisotopic (exact) mass is 254 g/mol. The van der Waals surface area contributed by atoms with Crippen molar-refractivity contribution in [1.82, 2.24) is 4.98 Å². The first-order valence-corrected chi connectivity index (χ1v) is 6.84. The van der Waals surface area contributed by atoms with Crippen molar-refractivity contribution in [3.8, 4) is 0 Å². The molecule has 0 bridgehead atoms. The number of pyridine rings is 1. The number of carbonyl (C=O) groups excluding carboxylic acids is 1. The predicted molar refractivity (Wildman–Crippen MR) is 76.9 cm³/mol. The molecule has 1 fully saturated rings. The minimum atomic E-state index is -0.211. The highest BCUT2D eigenvalue weighted by Gasteiger charge is 2.36. The lowest BCUT2D eigenvalue weighted by Crippen LogP contribution is -2.30. The number of para-hydroxylation sites is 1. The maximum atomic E-state index is 12.4. The van der Waals surface area contributed by atoms with E-state index in [2.05, 4.69) is 17.2 Å². The van der Waals surface area contributed by atoms with Crippen molar-refractivity contribution < 1.29 is 4.79 Å². The molecule has 1 aromatic heterocycles. The van der Waals surface area contributed by atoms with Crippen LogP contribution in [-0.2, 0) is 4.79 Å². The summed E-state index contributed by atoms with van der Waals surface area (Å²) in [5.74, 6) is 0.128. The van der Waals surface area contributed by atoms with Gasteiger partial charge in [-0.05, 0) is 25.0 Å². The van der Waals surface area contributed by atoms with Crippen LogP contribution < -0.4 is 5.32 Å². The predicted octanol–water partition coefficient (Wildman–Crippen LogP) is 3.75. The molecule has 2 aromatic rings. The highest BCUT2D eigenvalue weighted by molar-refractivity contribution is 6.02. The molecule has 1 heterocycles. The van der Waals surface area contributed by atoms with E-state index in [0.717, 1.165) is 42.3 Å². The highest BCUT2D eigenvalue weighted by Crippen LogP contribution is 2.38. The molecule has 1 N–H and O–H groups in total. The van der Waals surface area contributed by atoms with Gasteiger partial charge in [0.25, 0.3) is 0 Å². The first-order chi connectivity index (χ1) is 9.19. The Hall–Kier alpha value is -1.90. The van der Waals surface area contributed by atoms with Gasteiger partial charge in [0.15, 0.2) is 0 Å². The third-order valence-electron chi connectivity index (χ3n) is 4.14. The second-order valence-corrected chi connectivity index (χ2v) is 5.60. The van der Waals surface area contributed by atoms with Gasteiger partial charge in [0.2, 0.25) is 5.91 Å². The summed E-state index contributed by atoms with van der Waals surface area (Å²) in [4.78, 5) is 16.8. The maximum absolute atomic E-state index is 12.4. The number of benzene rings is 1. The fourth-order valence-corrected chi connectivity index (χ4v) is 2.86. The molecule has 0 aliphatic heterocycles. The van der Waals surface area contributed by atoms with Crippen LogP contribution in [0.1, 0.15) is 32.6 Å². The standard InChI is InChI=1S/C16H18N2O/c1-16(9-2-3-10-16)15(19)18-13-8-4-6-12-7-5-11-17-14(12)13/h4-8,11H,2-3,9-10H2,1H3,(H,18,19). The van der Waals surface area contributed by atoms with Crippen LogP contribution in [0.2, 0.25) is 0 Å². The Morgan fingerprint density at radius 3 is 2.74 bits per heavy atom. The number of carbonyl (C=O) groups is 1. The fourth-order valence-electron chi connectivity index (χ4n) is 2.86. The Morgan fingerprint density at radius 2 is 1.95 bits per heavy atom. The van der Waals surface area contributed by atoms with E-state index in [4.69, 9.17) is 0 Å². The molecular formula is C16H18N2O. The second kappa shape index (κ2) is 4.65. The Balaban J connectivity index is 1.91. The average molecular weight is 254 g/mol. The number of nitrogens with zero attached hydrogens (tertiary/aromatic N) is 1. The molecule has 3 nitrogen and oxygen atoms in total. The smallest absolute Gasteiger partial charge is 0.230 e. The van der Waals surface area contributed by atoms with Gasteiger partial charge in [-0.3, -0.25) is 9.78 Å². The number of fused-ring (bicyclic) bond motifs is 1. The lowest BCUT2D eigenvalue weighted by molar-refractivity contribution is -0.124. The van der Waals surface area contributed by atoms with Crippen LogP contribution in [0.5, 0.6) is 0 Å². The summed E-state index contributed by atoms with van der Waals surface area (Å²) in [5.41, 5.74) is 1.47. The van der Waals surface area contributed by atoms with Gasteiger partial charge in [0.1, 0.15) is 0 Å². The third kappa shape index (κ3) is 2.21. The summed E-state index contributed by atoms with van der Waals surface area (Å²) in [7, 11) is 0. The van der Waals surface area contributed by atoms with Gasteiger partial charge < -0.3 is 5.32 Å². The van der Waals surface area contributed by atoms with E-state index < -0.39 is 0 Å². The summed E-state index contributed by atoms with van der Waals surface area (Å²) in [6.45, 7) is 2.06. The summed E-state index contributed by atoms with van der Waals surface area (Å²) < 4.78 is 0. The van der Waals surface area contributed by atoms with E-state index in [1.165, 1.54) is 0 Å². The van der Waals surface area contributed by atoms with Gasteiger partial charge in [0.05, 0.1) is 11.2 Å². The lowest BCUT2D eigenvalue weighted by Gasteiger charge is -2.22. The van der Waals surface area contributed by atoms with Crippen LogP contribution in [0, 0.1) is 5.41 Å². The van der Waals surface area contributed by atoms with E-state index in [1.807, 2.05) is 30.3 Å². The molecule has 1 amide bonds. The van der Waals surface area contributed by atoms with Crippen LogP contribution in [0.15, 0.2) is 36.5 Å². The number of anilines is 1. The molecule has 98 valence electrons. The van der Waals surface area contributed by atoms with Gasteiger partial charge in [-0.25, -0.2) is 0 Å². The normalized spacial score (nSPS) is 17.5. The van der Waals surface area contributed by atoms with Crippen molar-refractivity contribution in [2.45, 2.75) is 32.6 Å². The topological polar surface area (TPSA) is 42.0 Å². The molecular weight excluding hydrogens is 236 g/mol. The van der Waals surface area contributed by atoms with Gasteiger partial charge in [0, 0.05) is 17.0 Å². The maximum Gasteiger partial charge on any atom is 0.230 e.